The molecule has 0 N–H and O–H groups in total. The molecule has 25 heavy (non-hydrogen) atoms. The molecule has 130 valence electrons. The fourth-order valence-electron chi connectivity index (χ4n) is 2.09. The normalized spacial score (nSPS) is 10.5. The van der Waals surface area contributed by atoms with Gasteiger partial charge in [0.15, 0.2) is 11.5 Å². The summed E-state index contributed by atoms with van der Waals surface area (Å²) in [6, 6.07) is 11.4. The summed E-state index contributed by atoms with van der Waals surface area (Å²) in [5, 5.41) is 10.4. The molecule has 0 fully saturated rings. The largest absolute Gasteiger partial charge is 0.493 e. The van der Waals surface area contributed by atoms with Crippen molar-refractivity contribution in [2.75, 3.05) is 13.7 Å². The first-order chi connectivity index (χ1) is 12.0. The molecule has 0 aliphatic heterocycles. The number of benzene rings is 2. The van der Waals surface area contributed by atoms with Gasteiger partial charge in [-0.25, -0.2) is 4.79 Å². The molecule has 0 atom stereocenters. The van der Waals surface area contributed by atoms with E-state index in [1.165, 1.54) is 25.3 Å². The van der Waals surface area contributed by atoms with Crippen molar-refractivity contribution in [3.63, 3.8) is 0 Å². The van der Waals surface area contributed by atoms with E-state index in [1.807, 2.05) is 6.92 Å². The zero-order valence-corrected chi connectivity index (χ0v) is 13.8. The Morgan fingerprint density at radius 3 is 2.60 bits per heavy atom. The molecule has 0 unspecified atom stereocenters. The number of nitrogens with zero attached hydrogens (tertiary/aromatic N) is 1. The number of ether oxygens (including phenoxy) is 3. The number of carbonyl (C=O) groups is 1. The number of hydrogen-bond acceptors (Lipinski definition) is 6. The highest BCUT2D eigenvalue weighted by atomic mass is 16.6. The molecule has 0 spiro atoms. The van der Waals surface area contributed by atoms with Crippen molar-refractivity contribution in [1.82, 2.24) is 0 Å². The first-order valence-corrected chi connectivity index (χ1v) is 7.49. The van der Waals surface area contributed by atoms with E-state index in [2.05, 4.69) is 0 Å². The number of carbonyl (C=O) groups excluding carboxylic acids is 1. The van der Waals surface area contributed by atoms with Gasteiger partial charge in [-0.05, 0) is 36.8 Å². The van der Waals surface area contributed by atoms with E-state index in [0.29, 0.717) is 23.5 Å². The lowest BCUT2D eigenvalue weighted by molar-refractivity contribution is -0.400. The maximum atomic E-state index is 12.4. The van der Waals surface area contributed by atoms with E-state index < -0.39 is 10.9 Å². The van der Waals surface area contributed by atoms with Crippen LogP contribution in [0, 0.1) is 10.1 Å². The summed E-state index contributed by atoms with van der Waals surface area (Å²) in [6.45, 7) is 2.24. The van der Waals surface area contributed by atoms with Crippen molar-refractivity contribution in [3.8, 4) is 17.2 Å². The first kappa shape index (κ1) is 18.0. The second kappa shape index (κ2) is 8.49. The van der Waals surface area contributed by atoms with Crippen LogP contribution in [0.4, 0.5) is 0 Å². The lowest BCUT2D eigenvalue weighted by atomic mass is 10.2. The summed E-state index contributed by atoms with van der Waals surface area (Å²) in [4.78, 5) is 22.2. The average Bonchev–Trinajstić information content (AvgIpc) is 2.61. The summed E-state index contributed by atoms with van der Waals surface area (Å²) in [7, 11) is 1.42. The lowest BCUT2D eigenvalue weighted by Crippen LogP contribution is -2.11. The standard InChI is InChI=1S/C18H17NO6/c1-3-24-15-7-5-4-6-14(15)18(20)25-16-9-8-13(10-11-19(21)22)12-17(16)23-2/h4-12H,3H2,1-2H3/b11-10+. The summed E-state index contributed by atoms with van der Waals surface area (Å²) in [6.07, 6.45) is 2.14. The minimum absolute atomic E-state index is 0.206. The lowest BCUT2D eigenvalue weighted by Gasteiger charge is -2.12. The Balaban J connectivity index is 2.25. The summed E-state index contributed by atoms with van der Waals surface area (Å²) in [5.74, 6) is 0.334. The van der Waals surface area contributed by atoms with Crippen molar-refractivity contribution >= 4 is 12.0 Å². The topological polar surface area (TPSA) is 87.9 Å². The third kappa shape index (κ3) is 4.81. The third-order valence-electron chi connectivity index (χ3n) is 3.19. The predicted octanol–water partition coefficient (Wildman–Crippen LogP) is 3.56. The highest BCUT2D eigenvalue weighted by molar-refractivity contribution is 5.94. The zero-order chi connectivity index (χ0) is 18.2. The number of para-hydroxylation sites is 1. The van der Waals surface area contributed by atoms with Crippen molar-refractivity contribution in [3.05, 3.63) is 69.9 Å². The first-order valence-electron chi connectivity index (χ1n) is 7.49. The highest BCUT2D eigenvalue weighted by Gasteiger charge is 2.16. The van der Waals surface area contributed by atoms with E-state index in [-0.39, 0.29) is 11.5 Å². The number of hydrogen-bond donors (Lipinski definition) is 0. The maximum absolute atomic E-state index is 12.4. The highest BCUT2D eigenvalue weighted by Crippen LogP contribution is 2.30. The molecular formula is C18H17NO6. The predicted molar refractivity (Wildman–Crippen MR) is 91.6 cm³/mol. The Labute approximate surface area is 144 Å². The van der Waals surface area contributed by atoms with Crippen molar-refractivity contribution in [2.45, 2.75) is 6.92 Å². The van der Waals surface area contributed by atoms with Gasteiger partial charge in [0.25, 0.3) is 0 Å². The van der Waals surface area contributed by atoms with Gasteiger partial charge >= 0.3 is 5.97 Å². The number of nitro groups is 1. The summed E-state index contributed by atoms with van der Waals surface area (Å²) >= 11 is 0. The maximum Gasteiger partial charge on any atom is 0.347 e. The number of methoxy groups -OCH3 is 1. The molecular weight excluding hydrogens is 326 g/mol. The van der Waals surface area contributed by atoms with Gasteiger partial charge in [0.1, 0.15) is 11.3 Å². The van der Waals surface area contributed by atoms with Crippen LogP contribution in [0.1, 0.15) is 22.8 Å². The Kier molecular flexibility index (Phi) is 6.11. The second-order valence-electron chi connectivity index (χ2n) is 4.83. The van der Waals surface area contributed by atoms with Crippen LogP contribution >= 0.6 is 0 Å². The molecule has 7 heteroatoms. The van der Waals surface area contributed by atoms with Gasteiger partial charge in [-0.1, -0.05) is 18.2 Å². The van der Waals surface area contributed by atoms with Crippen LogP contribution in [-0.4, -0.2) is 24.6 Å². The Hall–Kier alpha value is -3.35. The molecule has 0 bridgehead atoms. The van der Waals surface area contributed by atoms with Gasteiger partial charge in [-0.3, -0.25) is 10.1 Å². The quantitative estimate of drug-likeness (QED) is 0.330. The van der Waals surface area contributed by atoms with Crippen LogP contribution < -0.4 is 14.2 Å². The van der Waals surface area contributed by atoms with Gasteiger partial charge < -0.3 is 14.2 Å². The second-order valence-corrected chi connectivity index (χ2v) is 4.83. The van der Waals surface area contributed by atoms with E-state index in [1.54, 1.807) is 30.3 Å². The van der Waals surface area contributed by atoms with Gasteiger partial charge in [0.05, 0.1) is 18.6 Å². The Bertz CT molecular complexity index is 800. The fraction of sp³-hybridized carbons (Fsp3) is 0.167. The molecule has 0 saturated heterocycles. The molecule has 0 heterocycles. The van der Waals surface area contributed by atoms with E-state index in [0.717, 1.165) is 6.20 Å². The number of esters is 1. The van der Waals surface area contributed by atoms with Gasteiger partial charge in [-0.15, -0.1) is 0 Å². The molecule has 0 saturated carbocycles. The van der Waals surface area contributed by atoms with Crippen LogP contribution in [0.5, 0.6) is 17.2 Å². The summed E-state index contributed by atoms with van der Waals surface area (Å²) < 4.78 is 16.0. The van der Waals surface area contributed by atoms with Crippen LogP contribution in [0.3, 0.4) is 0 Å². The average molecular weight is 343 g/mol. The van der Waals surface area contributed by atoms with Gasteiger partial charge in [0.2, 0.25) is 6.20 Å². The molecule has 2 aromatic rings. The molecule has 2 aromatic carbocycles. The fourth-order valence-corrected chi connectivity index (χ4v) is 2.09. The Morgan fingerprint density at radius 1 is 1.16 bits per heavy atom. The van der Waals surface area contributed by atoms with E-state index in [4.69, 9.17) is 14.2 Å². The molecule has 0 amide bonds. The van der Waals surface area contributed by atoms with Gasteiger partial charge in [-0.2, -0.15) is 0 Å². The molecule has 2 rings (SSSR count). The van der Waals surface area contributed by atoms with E-state index in [9.17, 15) is 14.9 Å². The molecule has 0 aliphatic carbocycles. The van der Waals surface area contributed by atoms with Crippen LogP contribution in [0.25, 0.3) is 6.08 Å². The van der Waals surface area contributed by atoms with E-state index >= 15 is 0 Å². The zero-order valence-electron chi connectivity index (χ0n) is 13.8. The SMILES string of the molecule is CCOc1ccccc1C(=O)Oc1ccc(/C=C/[N+](=O)[O-])cc1OC. The number of rotatable bonds is 7. The van der Waals surface area contributed by atoms with Crippen molar-refractivity contribution in [2.24, 2.45) is 0 Å². The third-order valence-corrected chi connectivity index (χ3v) is 3.19. The minimum Gasteiger partial charge on any atom is -0.493 e. The van der Waals surface area contributed by atoms with Gasteiger partial charge in [0, 0.05) is 6.08 Å². The monoisotopic (exact) mass is 343 g/mol. The summed E-state index contributed by atoms with van der Waals surface area (Å²) in [5.41, 5.74) is 0.840. The molecule has 7 nitrogen and oxygen atoms in total. The van der Waals surface area contributed by atoms with Crippen molar-refractivity contribution < 1.29 is 23.9 Å². The Morgan fingerprint density at radius 2 is 1.92 bits per heavy atom. The molecule has 0 aromatic heterocycles. The van der Waals surface area contributed by atoms with Crippen LogP contribution in [-0.2, 0) is 0 Å². The smallest absolute Gasteiger partial charge is 0.347 e. The van der Waals surface area contributed by atoms with Crippen LogP contribution in [0.2, 0.25) is 0 Å². The van der Waals surface area contributed by atoms with Crippen molar-refractivity contribution in [1.29, 1.82) is 0 Å². The molecule has 0 radical (unpaired) electrons. The minimum atomic E-state index is -0.587. The molecule has 0 aliphatic rings. The van der Waals surface area contributed by atoms with Crippen LogP contribution in [0.15, 0.2) is 48.7 Å².